The first-order valence-corrected chi connectivity index (χ1v) is 3.94. The molecular formula is C7H9F4NO2. The van der Waals surface area contributed by atoms with Gasteiger partial charge in [0, 0.05) is 6.54 Å². The molecule has 0 spiro atoms. The highest BCUT2D eigenvalue weighted by molar-refractivity contribution is 5.75. The molecule has 3 nitrogen and oxygen atoms in total. The van der Waals surface area contributed by atoms with Crippen LogP contribution < -0.4 is 0 Å². The summed E-state index contributed by atoms with van der Waals surface area (Å²) >= 11 is 0. The number of hydrogen-bond donors (Lipinski definition) is 0. The van der Waals surface area contributed by atoms with E-state index in [1.807, 2.05) is 0 Å². The van der Waals surface area contributed by atoms with E-state index < -0.39 is 17.8 Å². The molecule has 0 amide bonds. The van der Waals surface area contributed by atoms with Gasteiger partial charge in [-0.15, -0.1) is 5.06 Å². The van der Waals surface area contributed by atoms with E-state index in [4.69, 9.17) is 0 Å². The van der Waals surface area contributed by atoms with E-state index in [0.29, 0.717) is 5.06 Å². The Kier molecular flexibility index (Phi) is 2.71. The van der Waals surface area contributed by atoms with Crippen LogP contribution >= 0.6 is 0 Å². The quantitative estimate of drug-likeness (QED) is 0.620. The smallest absolute Gasteiger partial charge is 0.361 e. The van der Waals surface area contributed by atoms with E-state index in [2.05, 4.69) is 4.84 Å². The zero-order chi connectivity index (χ0) is 11.0. The van der Waals surface area contributed by atoms with Crippen LogP contribution in [0.3, 0.4) is 0 Å². The summed E-state index contributed by atoms with van der Waals surface area (Å²) in [7, 11) is 0. The zero-order valence-electron chi connectivity index (χ0n) is 7.40. The van der Waals surface area contributed by atoms with Crippen LogP contribution in [0.4, 0.5) is 17.6 Å². The fraction of sp³-hybridized carbons (Fsp3) is 0.857. The summed E-state index contributed by atoms with van der Waals surface area (Å²) in [5.41, 5.74) is -1.59. The Morgan fingerprint density at radius 2 is 2.07 bits per heavy atom. The fourth-order valence-corrected chi connectivity index (χ4v) is 1.13. The maximum absolute atomic E-state index is 13.1. The summed E-state index contributed by atoms with van der Waals surface area (Å²) in [6, 6.07) is 0. The van der Waals surface area contributed by atoms with Gasteiger partial charge in [0.15, 0.2) is 0 Å². The maximum atomic E-state index is 13.1. The van der Waals surface area contributed by atoms with E-state index in [1.54, 1.807) is 0 Å². The van der Waals surface area contributed by atoms with Crippen molar-refractivity contribution in [1.82, 2.24) is 5.06 Å². The Morgan fingerprint density at radius 1 is 1.50 bits per heavy atom. The third-order valence-electron chi connectivity index (χ3n) is 1.83. The molecule has 1 rings (SSSR count). The molecule has 0 aliphatic carbocycles. The van der Waals surface area contributed by atoms with Gasteiger partial charge in [-0.3, -0.25) is 0 Å². The van der Waals surface area contributed by atoms with Gasteiger partial charge in [0.2, 0.25) is 0 Å². The molecule has 0 radical (unpaired) electrons. The van der Waals surface area contributed by atoms with E-state index in [9.17, 15) is 22.4 Å². The number of halogens is 4. The van der Waals surface area contributed by atoms with Crippen molar-refractivity contribution in [1.29, 1.82) is 0 Å². The van der Waals surface area contributed by atoms with Crippen molar-refractivity contribution in [3.8, 4) is 0 Å². The minimum atomic E-state index is -5.03. The summed E-state index contributed by atoms with van der Waals surface area (Å²) in [6.45, 7) is 0.901. The number of rotatable bonds is 1. The number of hydroxylamine groups is 2. The first-order valence-electron chi connectivity index (χ1n) is 3.94. The van der Waals surface area contributed by atoms with Crippen molar-refractivity contribution < 1.29 is 27.2 Å². The monoisotopic (exact) mass is 215 g/mol. The predicted octanol–water partition coefficient (Wildman–Crippen LogP) is 1.44. The topological polar surface area (TPSA) is 29.5 Å². The molecule has 1 heterocycles. The molecule has 0 bridgehead atoms. The Balaban J connectivity index is 2.44. The lowest BCUT2D eigenvalue weighted by Crippen LogP contribution is -2.35. The average molecular weight is 215 g/mol. The Bertz CT molecular complexity index is 238. The minimum Gasteiger partial charge on any atom is -0.361 e. The highest BCUT2D eigenvalue weighted by Crippen LogP contribution is 2.26. The van der Waals surface area contributed by atoms with E-state index in [0.717, 1.165) is 0 Å². The van der Waals surface area contributed by atoms with E-state index in [-0.39, 0.29) is 19.5 Å². The van der Waals surface area contributed by atoms with Crippen LogP contribution in [-0.4, -0.2) is 36.0 Å². The van der Waals surface area contributed by atoms with E-state index in [1.165, 1.54) is 6.92 Å². The van der Waals surface area contributed by atoms with Crippen molar-refractivity contribution in [2.45, 2.75) is 25.2 Å². The molecule has 1 unspecified atom stereocenters. The van der Waals surface area contributed by atoms with Gasteiger partial charge in [-0.05, 0) is 13.3 Å². The third-order valence-corrected chi connectivity index (χ3v) is 1.83. The van der Waals surface area contributed by atoms with Crippen molar-refractivity contribution in [3.63, 3.8) is 0 Å². The van der Waals surface area contributed by atoms with Gasteiger partial charge < -0.3 is 4.84 Å². The molecule has 7 heteroatoms. The zero-order valence-corrected chi connectivity index (χ0v) is 7.40. The van der Waals surface area contributed by atoms with Gasteiger partial charge in [-0.25, -0.2) is 9.18 Å². The first-order chi connectivity index (χ1) is 6.21. The standard InChI is InChI=1S/C7H9F4NO2/c1-6(8)2-3-12(4-6)14-5(13)7(9,10)11/h2-4H2,1H3. The number of carbonyl (C=O) groups is 1. The van der Waals surface area contributed by atoms with Crippen LogP contribution in [0.15, 0.2) is 0 Å². The lowest BCUT2D eigenvalue weighted by molar-refractivity contribution is -0.236. The molecular weight excluding hydrogens is 206 g/mol. The second kappa shape index (κ2) is 3.38. The lowest BCUT2D eigenvalue weighted by atomic mass is 10.1. The summed E-state index contributed by atoms with van der Waals surface area (Å²) in [4.78, 5) is 14.3. The van der Waals surface area contributed by atoms with E-state index >= 15 is 0 Å². The number of carbonyl (C=O) groups excluding carboxylic acids is 1. The van der Waals surface area contributed by atoms with Crippen LogP contribution in [0.2, 0.25) is 0 Å². The molecule has 82 valence electrons. The molecule has 1 aliphatic heterocycles. The Morgan fingerprint density at radius 3 is 2.43 bits per heavy atom. The van der Waals surface area contributed by atoms with Crippen molar-refractivity contribution in [3.05, 3.63) is 0 Å². The van der Waals surface area contributed by atoms with Crippen LogP contribution in [-0.2, 0) is 9.63 Å². The molecule has 14 heavy (non-hydrogen) atoms. The average Bonchev–Trinajstić information content (AvgIpc) is 2.28. The second-order valence-electron chi connectivity index (χ2n) is 3.40. The van der Waals surface area contributed by atoms with Crippen LogP contribution in [0.25, 0.3) is 0 Å². The Hall–Kier alpha value is -0.850. The van der Waals surface area contributed by atoms with Gasteiger partial charge in [-0.2, -0.15) is 13.2 Å². The minimum absolute atomic E-state index is 0.0190. The summed E-state index contributed by atoms with van der Waals surface area (Å²) in [6.07, 6.45) is -4.98. The summed E-state index contributed by atoms with van der Waals surface area (Å²) < 4.78 is 48.2. The molecule has 1 aliphatic rings. The van der Waals surface area contributed by atoms with Gasteiger partial charge in [0.25, 0.3) is 0 Å². The highest BCUT2D eigenvalue weighted by atomic mass is 19.4. The predicted molar refractivity (Wildman–Crippen MR) is 37.9 cm³/mol. The van der Waals surface area contributed by atoms with Crippen molar-refractivity contribution >= 4 is 5.97 Å². The maximum Gasteiger partial charge on any atom is 0.492 e. The van der Waals surface area contributed by atoms with Gasteiger partial charge >= 0.3 is 12.1 Å². The molecule has 0 N–H and O–H groups in total. The number of hydrogen-bond acceptors (Lipinski definition) is 3. The Labute approximate surface area is 77.6 Å². The molecule has 0 aromatic rings. The van der Waals surface area contributed by atoms with Crippen LogP contribution in [0.5, 0.6) is 0 Å². The normalized spacial score (nSPS) is 29.2. The van der Waals surface area contributed by atoms with Gasteiger partial charge in [0.1, 0.15) is 5.67 Å². The molecule has 0 aromatic carbocycles. The fourth-order valence-electron chi connectivity index (χ4n) is 1.13. The molecule has 1 atom stereocenters. The molecule has 0 saturated carbocycles. The summed E-state index contributed by atoms with van der Waals surface area (Å²) in [5, 5.41) is 0.690. The second-order valence-corrected chi connectivity index (χ2v) is 3.40. The first kappa shape index (κ1) is 11.2. The van der Waals surface area contributed by atoms with Gasteiger partial charge in [-0.1, -0.05) is 0 Å². The van der Waals surface area contributed by atoms with Gasteiger partial charge in [0.05, 0.1) is 6.54 Å². The van der Waals surface area contributed by atoms with Crippen molar-refractivity contribution in [2.75, 3.05) is 13.1 Å². The molecule has 0 aromatic heterocycles. The molecule has 1 fully saturated rings. The van der Waals surface area contributed by atoms with Crippen LogP contribution in [0.1, 0.15) is 13.3 Å². The largest absolute Gasteiger partial charge is 0.492 e. The number of nitrogens with zero attached hydrogens (tertiary/aromatic N) is 1. The summed E-state index contributed by atoms with van der Waals surface area (Å²) in [5.74, 6) is -2.31. The number of alkyl halides is 4. The highest BCUT2D eigenvalue weighted by Gasteiger charge is 2.45. The van der Waals surface area contributed by atoms with Crippen molar-refractivity contribution in [2.24, 2.45) is 0 Å². The molecule has 1 saturated heterocycles. The SMILES string of the molecule is CC1(F)CCN(OC(=O)C(F)(F)F)C1. The lowest BCUT2D eigenvalue weighted by Gasteiger charge is -2.16. The van der Waals surface area contributed by atoms with Crippen LogP contribution in [0, 0.1) is 0 Å². The third kappa shape index (κ3) is 2.83.